The van der Waals surface area contributed by atoms with Crippen LogP contribution in [0.2, 0.25) is 0 Å². The van der Waals surface area contributed by atoms with Crippen molar-refractivity contribution >= 4 is 33.0 Å². The van der Waals surface area contributed by atoms with Gasteiger partial charge < -0.3 is 5.32 Å². The van der Waals surface area contributed by atoms with Gasteiger partial charge in [0.05, 0.1) is 16.8 Å². The average Bonchev–Trinajstić information content (AvgIpc) is 3.07. The Bertz CT molecular complexity index is 816. The number of amides is 1. The predicted molar refractivity (Wildman–Crippen MR) is 90.5 cm³/mol. The summed E-state index contributed by atoms with van der Waals surface area (Å²) in [5.74, 6) is -0.165. The van der Waals surface area contributed by atoms with Crippen molar-refractivity contribution in [1.29, 1.82) is 0 Å². The molecule has 3 rings (SSSR count). The number of pyridine rings is 1. The molecule has 2 aromatic rings. The van der Waals surface area contributed by atoms with E-state index in [0.717, 1.165) is 10.4 Å². The molecule has 0 spiro atoms. The molecular weight excluding hydrogens is 334 g/mol. The summed E-state index contributed by atoms with van der Waals surface area (Å²) < 4.78 is 24.8. The van der Waals surface area contributed by atoms with E-state index in [1.807, 2.05) is 12.1 Å². The molecule has 1 N–H and O–H groups in total. The molecule has 0 saturated heterocycles. The minimum absolute atomic E-state index is 0.165. The van der Waals surface area contributed by atoms with Crippen LogP contribution in [0.5, 0.6) is 0 Å². The zero-order chi connectivity index (χ0) is 16.4. The van der Waals surface area contributed by atoms with Crippen molar-refractivity contribution in [3.8, 4) is 0 Å². The summed E-state index contributed by atoms with van der Waals surface area (Å²) in [6.07, 6.45) is 6.04. The minimum atomic E-state index is -3.28. The fourth-order valence-corrected chi connectivity index (χ4v) is 4.61. The van der Waals surface area contributed by atoms with Crippen LogP contribution in [-0.2, 0) is 22.9 Å². The maximum absolute atomic E-state index is 12.2. The lowest BCUT2D eigenvalue weighted by atomic mass is 10.2. The van der Waals surface area contributed by atoms with E-state index >= 15 is 0 Å². The minimum Gasteiger partial charge on any atom is -0.351 e. The van der Waals surface area contributed by atoms with Crippen LogP contribution < -0.4 is 9.62 Å². The fraction of sp³-hybridized carbons (Fsp3) is 0.333. The van der Waals surface area contributed by atoms with Gasteiger partial charge in [-0.3, -0.25) is 14.1 Å². The average molecular weight is 351 g/mol. The molecule has 0 fully saturated rings. The third kappa shape index (κ3) is 3.53. The number of hydrogen-bond acceptors (Lipinski definition) is 5. The van der Waals surface area contributed by atoms with E-state index in [2.05, 4.69) is 10.3 Å². The van der Waals surface area contributed by atoms with Crippen LogP contribution in [0.1, 0.15) is 20.1 Å². The van der Waals surface area contributed by atoms with Crippen LogP contribution in [0, 0.1) is 0 Å². The highest BCUT2D eigenvalue weighted by Gasteiger charge is 2.29. The van der Waals surface area contributed by atoms with Crippen molar-refractivity contribution in [2.45, 2.75) is 12.8 Å². The number of hydrogen-bond donors (Lipinski definition) is 1. The Morgan fingerprint density at radius 1 is 1.48 bits per heavy atom. The smallest absolute Gasteiger partial charge is 0.261 e. The monoisotopic (exact) mass is 351 g/mol. The Hall–Kier alpha value is -1.93. The molecule has 0 saturated carbocycles. The van der Waals surface area contributed by atoms with E-state index in [9.17, 15) is 13.2 Å². The maximum Gasteiger partial charge on any atom is 0.261 e. The largest absolute Gasteiger partial charge is 0.351 e. The first kappa shape index (κ1) is 15.9. The van der Waals surface area contributed by atoms with Gasteiger partial charge in [0.25, 0.3) is 5.91 Å². The Balaban J connectivity index is 1.63. The highest BCUT2D eigenvalue weighted by molar-refractivity contribution is 7.92. The van der Waals surface area contributed by atoms with E-state index in [4.69, 9.17) is 0 Å². The summed E-state index contributed by atoms with van der Waals surface area (Å²) in [6, 6.07) is 5.50. The maximum atomic E-state index is 12.2. The van der Waals surface area contributed by atoms with Crippen LogP contribution in [0.15, 0.2) is 30.6 Å². The number of nitrogens with one attached hydrogen (secondary N) is 1. The molecular formula is C15H17N3O3S2. The molecule has 0 atom stereocenters. The number of sulfonamides is 1. The molecule has 122 valence electrons. The van der Waals surface area contributed by atoms with E-state index < -0.39 is 10.0 Å². The summed E-state index contributed by atoms with van der Waals surface area (Å²) in [5.41, 5.74) is 1.71. The molecule has 0 unspecified atom stereocenters. The van der Waals surface area contributed by atoms with Gasteiger partial charge in [-0.05, 0) is 24.1 Å². The molecule has 23 heavy (non-hydrogen) atoms. The first-order valence-corrected chi connectivity index (χ1v) is 9.89. The SMILES string of the molecule is CS(=O)(=O)N1CCc2sc(C(=O)NCCc3cccnc3)cc21. The molecule has 1 aliphatic heterocycles. The van der Waals surface area contributed by atoms with Gasteiger partial charge in [0.15, 0.2) is 0 Å². The molecule has 3 heterocycles. The second-order valence-electron chi connectivity index (χ2n) is 5.37. The predicted octanol–water partition coefficient (Wildman–Crippen LogP) is 1.44. The Labute approximate surface area is 139 Å². The third-order valence-corrected chi connectivity index (χ3v) is 6.01. The molecule has 1 aliphatic rings. The van der Waals surface area contributed by atoms with Crippen LogP contribution in [0.25, 0.3) is 0 Å². The number of thiophene rings is 1. The highest BCUT2D eigenvalue weighted by Crippen LogP contribution is 2.37. The Morgan fingerprint density at radius 3 is 3.00 bits per heavy atom. The van der Waals surface area contributed by atoms with E-state index in [1.165, 1.54) is 21.9 Å². The van der Waals surface area contributed by atoms with Crippen LogP contribution in [0.3, 0.4) is 0 Å². The van der Waals surface area contributed by atoms with Gasteiger partial charge in [0, 0.05) is 36.8 Å². The lowest BCUT2D eigenvalue weighted by molar-refractivity contribution is 0.0958. The van der Waals surface area contributed by atoms with Crippen molar-refractivity contribution in [1.82, 2.24) is 10.3 Å². The summed E-state index contributed by atoms with van der Waals surface area (Å²) >= 11 is 1.37. The number of nitrogens with zero attached hydrogens (tertiary/aromatic N) is 2. The van der Waals surface area contributed by atoms with Gasteiger partial charge in [0.2, 0.25) is 10.0 Å². The fourth-order valence-electron chi connectivity index (χ4n) is 2.54. The molecule has 8 heteroatoms. The van der Waals surface area contributed by atoms with Crippen molar-refractivity contribution in [2.24, 2.45) is 0 Å². The number of rotatable bonds is 5. The van der Waals surface area contributed by atoms with Gasteiger partial charge in [-0.2, -0.15) is 0 Å². The number of anilines is 1. The molecule has 0 aliphatic carbocycles. The summed E-state index contributed by atoms with van der Waals surface area (Å²) in [4.78, 5) is 17.7. The Kier molecular flexibility index (Phi) is 4.36. The summed E-state index contributed by atoms with van der Waals surface area (Å²) in [6.45, 7) is 0.978. The lowest BCUT2D eigenvalue weighted by Crippen LogP contribution is -2.28. The summed E-state index contributed by atoms with van der Waals surface area (Å²) in [7, 11) is -3.28. The topological polar surface area (TPSA) is 79.4 Å². The summed E-state index contributed by atoms with van der Waals surface area (Å²) in [5, 5.41) is 2.87. The van der Waals surface area contributed by atoms with Gasteiger partial charge in [-0.25, -0.2) is 8.42 Å². The number of carbonyl (C=O) groups excluding carboxylic acids is 1. The standard InChI is InChI=1S/C15H17N3O3S2/c1-23(20,21)18-8-5-13-12(18)9-14(22-13)15(19)17-7-4-11-3-2-6-16-10-11/h2-3,6,9-10H,4-5,7-8H2,1H3,(H,17,19). The normalized spacial score (nSPS) is 13.9. The van der Waals surface area contributed by atoms with Gasteiger partial charge in [0.1, 0.15) is 0 Å². The third-order valence-electron chi connectivity index (χ3n) is 3.64. The van der Waals surface area contributed by atoms with Crippen LogP contribution >= 0.6 is 11.3 Å². The molecule has 2 aromatic heterocycles. The number of carbonyl (C=O) groups is 1. The zero-order valence-corrected chi connectivity index (χ0v) is 14.3. The van der Waals surface area contributed by atoms with Crippen molar-refractivity contribution in [3.05, 3.63) is 45.9 Å². The number of fused-ring (bicyclic) bond motifs is 1. The molecule has 1 amide bonds. The van der Waals surface area contributed by atoms with Gasteiger partial charge in [-0.15, -0.1) is 11.3 Å². The van der Waals surface area contributed by atoms with Crippen molar-refractivity contribution in [3.63, 3.8) is 0 Å². The van der Waals surface area contributed by atoms with Crippen molar-refractivity contribution in [2.75, 3.05) is 23.7 Å². The highest BCUT2D eigenvalue weighted by atomic mass is 32.2. The van der Waals surface area contributed by atoms with Crippen molar-refractivity contribution < 1.29 is 13.2 Å². The zero-order valence-electron chi connectivity index (χ0n) is 12.7. The van der Waals surface area contributed by atoms with Crippen LogP contribution in [0.4, 0.5) is 5.69 Å². The van der Waals surface area contributed by atoms with Crippen LogP contribution in [-0.4, -0.2) is 38.7 Å². The molecule has 0 bridgehead atoms. The first-order valence-electron chi connectivity index (χ1n) is 7.22. The second kappa shape index (κ2) is 6.29. The molecule has 0 aromatic carbocycles. The number of aromatic nitrogens is 1. The first-order chi connectivity index (χ1) is 10.9. The molecule has 0 radical (unpaired) electrons. The second-order valence-corrected chi connectivity index (χ2v) is 8.41. The quantitative estimate of drug-likeness (QED) is 0.884. The van der Waals surface area contributed by atoms with Gasteiger partial charge >= 0.3 is 0 Å². The molecule has 6 nitrogen and oxygen atoms in total. The lowest BCUT2D eigenvalue weighted by Gasteiger charge is -2.14. The van der Waals surface area contributed by atoms with E-state index in [1.54, 1.807) is 18.5 Å². The van der Waals surface area contributed by atoms with E-state index in [-0.39, 0.29) is 5.91 Å². The Morgan fingerprint density at radius 2 is 2.30 bits per heavy atom. The van der Waals surface area contributed by atoms with E-state index in [0.29, 0.717) is 36.5 Å². The van der Waals surface area contributed by atoms with Gasteiger partial charge in [-0.1, -0.05) is 6.07 Å².